The highest BCUT2D eigenvalue weighted by Gasteiger charge is 2.62. The van der Waals surface area contributed by atoms with E-state index in [1.807, 2.05) is 42.5 Å². The first kappa shape index (κ1) is 14.4. The average Bonchev–Trinajstić information content (AvgIpc) is 2.40. The van der Waals surface area contributed by atoms with Gasteiger partial charge in [0, 0.05) is 26.7 Å². The Morgan fingerprint density at radius 1 is 1.10 bits per heavy atom. The van der Waals surface area contributed by atoms with Crippen molar-refractivity contribution in [3.63, 3.8) is 0 Å². The van der Waals surface area contributed by atoms with Crippen LogP contribution in [0.3, 0.4) is 0 Å². The molecule has 0 amide bonds. The molecule has 0 spiro atoms. The molecule has 3 rings (SSSR count). The Morgan fingerprint density at radius 3 is 2.38 bits per heavy atom. The zero-order valence-electron chi connectivity index (χ0n) is 11.7. The van der Waals surface area contributed by atoms with E-state index in [2.05, 4.69) is 0 Å². The average molecular weight is 295 g/mol. The summed E-state index contributed by atoms with van der Waals surface area (Å²) in [6.45, 7) is 0.283. The molecule has 2 aromatic rings. The van der Waals surface area contributed by atoms with Crippen molar-refractivity contribution in [1.29, 1.82) is 0 Å². The van der Waals surface area contributed by atoms with E-state index < -0.39 is 11.8 Å². The first-order valence-corrected chi connectivity index (χ1v) is 6.75. The number of halogens is 3. The minimum Gasteiger partial charge on any atom is -0.366 e. The third kappa shape index (κ3) is 2.51. The summed E-state index contributed by atoms with van der Waals surface area (Å²) < 4.78 is 43.5. The summed E-state index contributed by atoms with van der Waals surface area (Å²) in [7, 11) is 1.13. The number of nitrogens with zero attached hydrogens (tertiary/aromatic N) is 1. The van der Waals surface area contributed by atoms with E-state index in [1.54, 1.807) is 4.90 Å². The highest BCUT2D eigenvalue weighted by Crippen LogP contribution is 2.41. The van der Waals surface area contributed by atoms with Crippen LogP contribution in [-0.4, -0.2) is 36.9 Å². The van der Waals surface area contributed by atoms with Crippen molar-refractivity contribution in [3.8, 4) is 0 Å². The Balaban J connectivity index is 1.71. The molecule has 0 aromatic heterocycles. The Labute approximate surface area is 121 Å². The lowest BCUT2D eigenvalue weighted by molar-refractivity contribution is -0.312. The van der Waals surface area contributed by atoms with Crippen LogP contribution in [0, 0.1) is 0 Å². The van der Waals surface area contributed by atoms with Crippen molar-refractivity contribution < 1.29 is 17.9 Å². The Morgan fingerprint density at radius 2 is 1.76 bits per heavy atom. The molecule has 0 radical (unpaired) electrons. The molecule has 0 aliphatic carbocycles. The van der Waals surface area contributed by atoms with Crippen LogP contribution in [0.4, 0.5) is 13.2 Å². The molecule has 0 N–H and O–H groups in total. The lowest BCUT2D eigenvalue weighted by Gasteiger charge is -2.49. The van der Waals surface area contributed by atoms with Gasteiger partial charge >= 0.3 is 6.18 Å². The van der Waals surface area contributed by atoms with Gasteiger partial charge in [0.05, 0.1) is 0 Å². The van der Waals surface area contributed by atoms with Crippen LogP contribution < -0.4 is 0 Å². The number of fused-ring (bicyclic) bond motifs is 1. The minimum atomic E-state index is -4.32. The van der Waals surface area contributed by atoms with Gasteiger partial charge in [-0.15, -0.1) is 0 Å². The third-order valence-electron chi connectivity index (χ3n) is 4.09. The second-order valence-electron chi connectivity index (χ2n) is 5.52. The van der Waals surface area contributed by atoms with E-state index >= 15 is 0 Å². The number of rotatable bonds is 3. The number of ether oxygens (including phenoxy) is 1. The van der Waals surface area contributed by atoms with Crippen LogP contribution in [-0.2, 0) is 11.3 Å². The lowest BCUT2D eigenvalue weighted by Crippen LogP contribution is -2.69. The summed E-state index contributed by atoms with van der Waals surface area (Å²) in [4.78, 5) is 1.75. The van der Waals surface area contributed by atoms with Crippen molar-refractivity contribution in [1.82, 2.24) is 4.90 Å². The molecule has 1 aliphatic heterocycles. The van der Waals surface area contributed by atoms with E-state index in [9.17, 15) is 13.2 Å². The molecule has 0 unspecified atom stereocenters. The normalized spacial score (nSPS) is 18.7. The van der Waals surface area contributed by atoms with Crippen molar-refractivity contribution >= 4 is 10.8 Å². The zero-order valence-corrected chi connectivity index (χ0v) is 11.7. The zero-order chi connectivity index (χ0) is 15.1. The standard InChI is InChI=1S/C16H16F3NO/c1-21-15(16(17,18)19)10-20(11-15)9-12-6-7-13-4-2-3-5-14(13)8-12/h2-8H,9-11H2,1H3. The van der Waals surface area contributed by atoms with Gasteiger partial charge in [-0.25, -0.2) is 0 Å². The second kappa shape index (κ2) is 5.00. The summed E-state index contributed by atoms with van der Waals surface area (Å²) in [6, 6.07) is 13.9. The van der Waals surface area contributed by atoms with Gasteiger partial charge in [0.1, 0.15) is 0 Å². The Kier molecular flexibility index (Phi) is 3.42. The van der Waals surface area contributed by atoms with Gasteiger partial charge in [-0.05, 0) is 22.4 Å². The summed E-state index contributed by atoms with van der Waals surface area (Å²) in [5, 5.41) is 2.23. The lowest BCUT2D eigenvalue weighted by atomic mass is 9.92. The molecule has 5 heteroatoms. The molecular formula is C16H16F3NO. The van der Waals surface area contributed by atoms with Gasteiger partial charge in [-0.1, -0.05) is 36.4 Å². The molecule has 112 valence electrons. The van der Waals surface area contributed by atoms with Crippen molar-refractivity contribution in [2.24, 2.45) is 0 Å². The van der Waals surface area contributed by atoms with Crippen LogP contribution in [0.1, 0.15) is 5.56 Å². The van der Waals surface area contributed by atoms with Gasteiger partial charge in [-0.2, -0.15) is 13.2 Å². The summed E-state index contributed by atoms with van der Waals surface area (Å²) in [5.41, 5.74) is -0.982. The fourth-order valence-electron chi connectivity index (χ4n) is 2.81. The third-order valence-corrected chi connectivity index (χ3v) is 4.09. The highest BCUT2D eigenvalue weighted by atomic mass is 19.4. The summed E-state index contributed by atoms with van der Waals surface area (Å²) >= 11 is 0. The maximum absolute atomic E-state index is 12.9. The predicted molar refractivity (Wildman–Crippen MR) is 75.0 cm³/mol. The quantitative estimate of drug-likeness (QED) is 0.858. The minimum absolute atomic E-state index is 0.111. The van der Waals surface area contributed by atoms with Crippen molar-refractivity contribution in [2.75, 3.05) is 20.2 Å². The number of hydrogen-bond acceptors (Lipinski definition) is 2. The van der Waals surface area contributed by atoms with Gasteiger partial charge in [0.25, 0.3) is 0 Å². The topological polar surface area (TPSA) is 12.5 Å². The molecule has 21 heavy (non-hydrogen) atoms. The van der Waals surface area contributed by atoms with Crippen LogP contribution in [0.5, 0.6) is 0 Å². The number of hydrogen-bond donors (Lipinski definition) is 0. The molecule has 1 aliphatic rings. The first-order valence-electron chi connectivity index (χ1n) is 6.75. The monoisotopic (exact) mass is 295 g/mol. The number of alkyl halides is 3. The molecule has 0 bridgehead atoms. The number of benzene rings is 2. The Hall–Kier alpha value is -1.59. The van der Waals surface area contributed by atoms with Crippen molar-refractivity contribution in [3.05, 3.63) is 48.0 Å². The molecule has 1 fully saturated rings. The smallest absolute Gasteiger partial charge is 0.366 e. The molecule has 0 saturated carbocycles. The van der Waals surface area contributed by atoms with Crippen LogP contribution in [0.25, 0.3) is 10.8 Å². The summed E-state index contributed by atoms with van der Waals surface area (Å²) in [5.74, 6) is 0. The second-order valence-corrected chi connectivity index (χ2v) is 5.52. The van der Waals surface area contributed by atoms with Crippen LogP contribution in [0.15, 0.2) is 42.5 Å². The van der Waals surface area contributed by atoms with Gasteiger partial charge in [0.2, 0.25) is 0 Å². The highest BCUT2D eigenvalue weighted by molar-refractivity contribution is 5.82. The SMILES string of the molecule is COC1(C(F)(F)F)CN(Cc2ccc3ccccc3c2)C1. The molecule has 1 heterocycles. The van der Waals surface area contributed by atoms with Gasteiger partial charge < -0.3 is 4.74 Å². The van der Waals surface area contributed by atoms with Gasteiger partial charge in [0.15, 0.2) is 5.60 Å². The predicted octanol–water partition coefficient (Wildman–Crippen LogP) is 3.60. The van der Waals surface area contributed by atoms with Crippen molar-refractivity contribution in [2.45, 2.75) is 18.3 Å². The maximum atomic E-state index is 12.9. The fourth-order valence-corrected chi connectivity index (χ4v) is 2.81. The van der Waals surface area contributed by atoms with E-state index in [0.29, 0.717) is 6.54 Å². The van der Waals surface area contributed by atoms with E-state index in [1.165, 1.54) is 0 Å². The largest absolute Gasteiger partial charge is 0.419 e. The fraction of sp³-hybridized carbons (Fsp3) is 0.375. The molecule has 1 saturated heterocycles. The van der Waals surface area contributed by atoms with Crippen LogP contribution >= 0.6 is 0 Å². The number of likely N-dealkylation sites (tertiary alicyclic amines) is 1. The van der Waals surface area contributed by atoms with Gasteiger partial charge in [-0.3, -0.25) is 4.90 Å². The maximum Gasteiger partial charge on any atom is 0.419 e. The van der Waals surface area contributed by atoms with E-state index in [0.717, 1.165) is 23.4 Å². The first-order chi connectivity index (χ1) is 9.93. The molecule has 2 nitrogen and oxygen atoms in total. The molecular weight excluding hydrogens is 279 g/mol. The Bertz CT molecular complexity index is 647. The molecule has 2 aromatic carbocycles. The van der Waals surface area contributed by atoms with E-state index in [4.69, 9.17) is 4.74 Å². The number of methoxy groups -OCH3 is 1. The molecule has 0 atom stereocenters. The van der Waals surface area contributed by atoms with Crippen LogP contribution in [0.2, 0.25) is 0 Å². The summed E-state index contributed by atoms with van der Waals surface area (Å²) in [6.07, 6.45) is -4.32. The van der Waals surface area contributed by atoms with E-state index in [-0.39, 0.29) is 13.1 Å².